The number of anilines is 1. The fraction of sp³-hybridized carbons (Fsp3) is 0.211. The predicted octanol–water partition coefficient (Wildman–Crippen LogP) is 1.52. The lowest BCUT2D eigenvalue weighted by Crippen LogP contribution is -2.25. The van der Waals surface area contributed by atoms with Crippen LogP contribution in [0.3, 0.4) is 0 Å². The number of aliphatic imine (C=N–C) groups is 1. The van der Waals surface area contributed by atoms with Gasteiger partial charge >= 0.3 is 5.97 Å². The molecular weight excluding hydrogens is 382 g/mol. The third-order valence-corrected chi connectivity index (χ3v) is 5.46. The zero-order valence-electron chi connectivity index (χ0n) is 15.4. The number of esters is 1. The molecule has 3 rings (SSSR count). The molecule has 0 unspecified atom stereocenters. The molecule has 28 heavy (non-hydrogen) atoms. The van der Waals surface area contributed by atoms with E-state index in [1.54, 1.807) is 18.2 Å². The average Bonchev–Trinajstić information content (AvgIpc) is 2.92. The highest BCUT2D eigenvalue weighted by Gasteiger charge is 2.30. The van der Waals surface area contributed by atoms with Gasteiger partial charge in [0.1, 0.15) is 12.4 Å². The molecular formula is C19H19N3O5S. The van der Waals surface area contributed by atoms with Crippen LogP contribution < -0.4 is 10.0 Å². The van der Waals surface area contributed by atoms with Gasteiger partial charge in [0.15, 0.2) is 6.61 Å². The Morgan fingerprint density at radius 3 is 2.68 bits per heavy atom. The van der Waals surface area contributed by atoms with Crippen LogP contribution in [0.5, 0.6) is 0 Å². The van der Waals surface area contributed by atoms with E-state index >= 15 is 0 Å². The zero-order valence-corrected chi connectivity index (χ0v) is 16.2. The third-order valence-electron chi connectivity index (χ3n) is 4.06. The second-order valence-corrected chi connectivity index (χ2v) is 7.94. The lowest BCUT2D eigenvalue weighted by molar-refractivity contribution is -0.145. The van der Waals surface area contributed by atoms with Crippen LogP contribution in [0.2, 0.25) is 0 Å². The van der Waals surface area contributed by atoms with E-state index in [1.807, 2.05) is 32.0 Å². The van der Waals surface area contributed by atoms with Gasteiger partial charge in [0.2, 0.25) is 0 Å². The van der Waals surface area contributed by atoms with Crippen molar-refractivity contribution in [2.45, 2.75) is 18.7 Å². The molecule has 2 aromatic rings. The average molecular weight is 401 g/mol. The van der Waals surface area contributed by atoms with Crippen molar-refractivity contribution in [3.8, 4) is 0 Å². The molecule has 8 nitrogen and oxygen atoms in total. The third kappa shape index (κ3) is 4.37. The fourth-order valence-electron chi connectivity index (χ4n) is 2.64. The summed E-state index contributed by atoms with van der Waals surface area (Å²) >= 11 is 0. The molecule has 0 fully saturated rings. The van der Waals surface area contributed by atoms with Crippen molar-refractivity contribution in [3.63, 3.8) is 0 Å². The molecule has 0 spiro atoms. The Labute approximate surface area is 162 Å². The number of ether oxygens (including phenoxy) is 1. The Morgan fingerprint density at radius 2 is 1.89 bits per heavy atom. The number of hydrogen-bond acceptors (Lipinski definition) is 6. The largest absolute Gasteiger partial charge is 0.454 e. The highest BCUT2D eigenvalue weighted by Crippen LogP contribution is 2.22. The monoisotopic (exact) mass is 401 g/mol. The number of carbonyl (C=O) groups is 2. The molecule has 0 atom stereocenters. The van der Waals surface area contributed by atoms with Gasteiger partial charge in [-0.2, -0.15) is 0 Å². The Kier molecular flexibility index (Phi) is 5.46. The van der Waals surface area contributed by atoms with Crippen molar-refractivity contribution in [1.29, 1.82) is 0 Å². The molecule has 2 aromatic carbocycles. The second-order valence-electron chi connectivity index (χ2n) is 6.29. The maximum Gasteiger partial charge on any atom is 0.328 e. The van der Waals surface area contributed by atoms with Crippen LogP contribution in [0.15, 0.2) is 52.4 Å². The lowest BCUT2D eigenvalue weighted by Gasteiger charge is -2.09. The number of amidine groups is 1. The van der Waals surface area contributed by atoms with Crippen LogP contribution in [-0.2, 0) is 24.3 Å². The Balaban J connectivity index is 1.56. The number of amides is 1. The SMILES string of the molecule is Cc1ccc(C)c(NC(=O)COC(=O)CN=C2NS(=O)(=O)c3ccccc32)c1. The standard InChI is InChI=1S/C19H19N3O5S/c1-12-7-8-13(2)15(9-12)21-17(23)11-27-18(24)10-20-19-14-5-3-4-6-16(14)28(25,26)22-19/h3-9H,10-11H2,1-2H3,(H,20,22)(H,21,23). The van der Waals surface area contributed by atoms with Gasteiger partial charge in [-0.05, 0) is 43.2 Å². The smallest absolute Gasteiger partial charge is 0.328 e. The Morgan fingerprint density at radius 1 is 1.14 bits per heavy atom. The number of fused-ring (bicyclic) bond motifs is 1. The van der Waals surface area contributed by atoms with E-state index < -0.39 is 35.1 Å². The molecule has 0 bridgehead atoms. The maximum atomic E-state index is 12.0. The highest BCUT2D eigenvalue weighted by atomic mass is 32.2. The van der Waals surface area contributed by atoms with Gasteiger partial charge in [-0.25, -0.2) is 8.42 Å². The van der Waals surface area contributed by atoms with Crippen molar-refractivity contribution >= 4 is 33.4 Å². The van der Waals surface area contributed by atoms with Gasteiger partial charge in [-0.3, -0.25) is 19.3 Å². The molecule has 0 aliphatic carbocycles. The van der Waals surface area contributed by atoms with E-state index in [2.05, 4.69) is 15.0 Å². The number of nitrogens with one attached hydrogen (secondary N) is 2. The van der Waals surface area contributed by atoms with E-state index in [1.165, 1.54) is 6.07 Å². The minimum absolute atomic E-state index is 0.0763. The van der Waals surface area contributed by atoms with Crippen molar-refractivity contribution in [3.05, 3.63) is 59.2 Å². The zero-order chi connectivity index (χ0) is 20.3. The summed E-state index contributed by atoms with van der Waals surface area (Å²) in [5.74, 6) is -1.14. The number of benzene rings is 2. The maximum absolute atomic E-state index is 12.0. The Bertz CT molecular complexity index is 1080. The summed E-state index contributed by atoms with van der Waals surface area (Å²) in [6.45, 7) is 2.89. The van der Waals surface area contributed by atoms with Crippen molar-refractivity contribution in [1.82, 2.24) is 4.72 Å². The molecule has 0 aromatic heterocycles. The van der Waals surface area contributed by atoms with Crippen molar-refractivity contribution in [2.75, 3.05) is 18.5 Å². The first-order valence-electron chi connectivity index (χ1n) is 8.45. The van der Waals surface area contributed by atoms with Gasteiger partial charge in [0, 0.05) is 11.3 Å². The Hall–Kier alpha value is -3.20. The van der Waals surface area contributed by atoms with E-state index in [9.17, 15) is 18.0 Å². The first-order chi connectivity index (χ1) is 13.3. The number of sulfonamides is 1. The molecule has 1 aliphatic heterocycles. The molecule has 0 saturated carbocycles. The summed E-state index contributed by atoms with van der Waals surface area (Å²) in [6.07, 6.45) is 0. The number of carbonyl (C=O) groups excluding carboxylic acids is 2. The molecule has 9 heteroatoms. The molecule has 1 amide bonds. The highest BCUT2D eigenvalue weighted by molar-refractivity contribution is 7.90. The van der Waals surface area contributed by atoms with Gasteiger partial charge in [-0.15, -0.1) is 0 Å². The van der Waals surface area contributed by atoms with Crippen LogP contribution in [0.4, 0.5) is 5.69 Å². The summed E-state index contributed by atoms with van der Waals surface area (Å²) in [6, 6.07) is 12.0. The van der Waals surface area contributed by atoms with E-state index in [0.717, 1.165) is 11.1 Å². The van der Waals surface area contributed by atoms with Crippen LogP contribution in [0.25, 0.3) is 0 Å². The molecule has 1 heterocycles. The minimum atomic E-state index is -3.67. The summed E-state index contributed by atoms with van der Waals surface area (Å²) < 4.78 is 31.2. The predicted molar refractivity (Wildman–Crippen MR) is 104 cm³/mol. The molecule has 0 saturated heterocycles. The van der Waals surface area contributed by atoms with Gasteiger partial charge in [0.25, 0.3) is 15.9 Å². The molecule has 2 N–H and O–H groups in total. The first kappa shape index (κ1) is 19.6. The summed E-state index contributed by atoms with van der Waals surface area (Å²) in [5.41, 5.74) is 2.93. The number of rotatable bonds is 5. The number of nitrogens with zero attached hydrogens (tertiary/aromatic N) is 1. The lowest BCUT2D eigenvalue weighted by atomic mass is 10.1. The van der Waals surface area contributed by atoms with Gasteiger partial charge < -0.3 is 10.1 Å². The summed E-state index contributed by atoms with van der Waals surface area (Å²) in [4.78, 5) is 27.9. The van der Waals surface area contributed by atoms with Gasteiger partial charge in [-0.1, -0.05) is 24.3 Å². The van der Waals surface area contributed by atoms with Crippen LogP contribution >= 0.6 is 0 Å². The quantitative estimate of drug-likeness (QED) is 0.738. The first-order valence-corrected chi connectivity index (χ1v) is 9.94. The van der Waals surface area contributed by atoms with E-state index in [0.29, 0.717) is 11.3 Å². The normalized spacial score (nSPS) is 15.6. The van der Waals surface area contributed by atoms with E-state index in [4.69, 9.17) is 4.74 Å². The topological polar surface area (TPSA) is 114 Å². The van der Waals surface area contributed by atoms with Crippen LogP contribution in [0.1, 0.15) is 16.7 Å². The van der Waals surface area contributed by atoms with E-state index in [-0.39, 0.29) is 10.7 Å². The molecule has 1 aliphatic rings. The van der Waals surface area contributed by atoms with Gasteiger partial charge in [0.05, 0.1) is 4.90 Å². The van der Waals surface area contributed by atoms with Crippen molar-refractivity contribution in [2.24, 2.45) is 4.99 Å². The summed E-state index contributed by atoms with van der Waals surface area (Å²) in [5, 5.41) is 2.68. The van der Waals surface area contributed by atoms with Crippen molar-refractivity contribution < 1.29 is 22.7 Å². The molecule has 0 radical (unpaired) electrons. The number of aryl methyl sites for hydroxylation is 2. The minimum Gasteiger partial charge on any atom is -0.454 e. The van der Waals surface area contributed by atoms with Crippen LogP contribution in [0, 0.1) is 13.8 Å². The second kappa shape index (κ2) is 7.81. The van der Waals surface area contributed by atoms with Crippen LogP contribution in [-0.4, -0.2) is 39.3 Å². The summed E-state index contributed by atoms with van der Waals surface area (Å²) in [7, 11) is -3.67. The molecule has 146 valence electrons. The fourth-order valence-corrected chi connectivity index (χ4v) is 3.89. The number of hydrogen-bond donors (Lipinski definition) is 2.